The van der Waals surface area contributed by atoms with E-state index in [1.165, 1.54) is 24.3 Å². The van der Waals surface area contributed by atoms with Crippen LogP contribution in [-0.2, 0) is 19.6 Å². The summed E-state index contributed by atoms with van der Waals surface area (Å²) in [4.78, 5) is 44.7. The van der Waals surface area contributed by atoms with Gasteiger partial charge >= 0.3 is 6.09 Å². The van der Waals surface area contributed by atoms with Crippen molar-refractivity contribution in [2.24, 2.45) is 5.92 Å². The molecule has 3 aromatic carbocycles. The van der Waals surface area contributed by atoms with Crippen molar-refractivity contribution in [3.05, 3.63) is 88.9 Å². The van der Waals surface area contributed by atoms with Crippen molar-refractivity contribution >= 4 is 49.5 Å². The molecule has 1 fully saturated rings. The molecule has 1 heterocycles. The minimum Gasteiger partial charge on any atom is -0.444 e. The summed E-state index contributed by atoms with van der Waals surface area (Å²) in [5, 5.41) is 5.40. The van der Waals surface area contributed by atoms with E-state index in [1.54, 1.807) is 59.5 Å². The number of amides is 3. The van der Waals surface area contributed by atoms with E-state index in [0.717, 1.165) is 21.8 Å². The van der Waals surface area contributed by atoms with Gasteiger partial charge in [-0.2, -0.15) is 8.42 Å². The number of ether oxygens (including phenoxy) is 1. The average molecular weight is 702 g/mol. The van der Waals surface area contributed by atoms with Gasteiger partial charge in [0.25, 0.3) is 15.9 Å². The summed E-state index contributed by atoms with van der Waals surface area (Å²) in [5.74, 6) is -0.348. The number of piperidine rings is 1. The molecule has 0 bridgehead atoms. The van der Waals surface area contributed by atoms with Gasteiger partial charge in [-0.05, 0) is 100 Å². The van der Waals surface area contributed by atoms with E-state index < -0.39 is 21.5 Å². The lowest BCUT2D eigenvalue weighted by molar-refractivity contribution is -0.120. The number of anilines is 1. The number of carbonyl (C=O) groups excluding carboxylic acids is 3. The van der Waals surface area contributed by atoms with Crippen molar-refractivity contribution < 1.29 is 32.4 Å². The van der Waals surface area contributed by atoms with Crippen molar-refractivity contribution in [1.29, 1.82) is 0 Å². The Labute approximate surface area is 272 Å². The zero-order valence-electron chi connectivity index (χ0n) is 25.4. The molecule has 0 atom stereocenters. The van der Waals surface area contributed by atoms with Crippen molar-refractivity contribution in [2.45, 2.75) is 44.1 Å². The number of halogens is 1. The van der Waals surface area contributed by atoms with E-state index in [-0.39, 0.29) is 34.9 Å². The number of hydrogen-bond acceptors (Lipinski definition) is 7. The Bertz CT molecular complexity index is 1570. The summed E-state index contributed by atoms with van der Waals surface area (Å²) in [6.07, 6.45) is 1.13. The maximum absolute atomic E-state index is 13.6. The standard InChI is InChI=1S/C32H37BrN4O7S/c1-32(2,3)43-31(40)36-19-17-23(18-20-36)21-34-29(38)22-35-30(39)24-9-15-28(16-10-24)45(41,42)37(26-7-5-4-6-8-26)44-27-13-11-25(33)12-14-27/h4-16,23H,17-22H2,1-3H3,(H,34,38)(H,35,39). The molecule has 3 aromatic rings. The van der Waals surface area contributed by atoms with Crippen LogP contribution in [0, 0.1) is 5.92 Å². The zero-order chi connectivity index (χ0) is 32.6. The van der Waals surface area contributed by atoms with Crippen molar-refractivity contribution in [1.82, 2.24) is 15.5 Å². The molecule has 11 nitrogen and oxygen atoms in total. The quantitative estimate of drug-likeness (QED) is 0.280. The third kappa shape index (κ3) is 9.69. The highest BCUT2D eigenvalue weighted by Crippen LogP contribution is 2.27. The van der Waals surface area contributed by atoms with Gasteiger partial charge in [0.05, 0.1) is 17.1 Å². The Morgan fingerprint density at radius 3 is 2.13 bits per heavy atom. The van der Waals surface area contributed by atoms with Crippen LogP contribution in [0.5, 0.6) is 5.75 Å². The summed E-state index contributed by atoms with van der Waals surface area (Å²) in [7, 11) is -4.19. The molecule has 13 heteroatoms. The number of para-hydroxylation sites is 1. The molecule has 240 valence electrons. The smallest absolute Gasteiger partial charge is 0.410 e. The van der Waals surface area contributed by atoms with Gasteiger partial charge in [-0.25, -0.2) is 4.79 Å². The summed E-state index contributed by atoms with van der Waals surface area (Å²) in [6.45, 7) is 6.78. The third-order valence-electron chi connectivity index (χ3n) is 6.87. The van der Waals surface area contributed by atoms with Crippen LogP contribution in [0.3, 0.4) is 0 Å². The summed E-state index contributed by atoms with van der Waals surface area (Å²) in [6, 6.07) is 20.5. The number of sulfonamides is 1. The number of nitrogens with one attached hydrogen (secondary N) is 2. The fraction of sp³-hybridized carbons (Fsp3) is 0.344. The highest BCUT2D eigenvalue weighted by Gasteiger charge is 2.29. The largest absolute Gasteiger partial charge is 0.444 e. The molecule has 0 unspecified atom stereocenters. The van der Waals surface area contributed by atoms with Gasteiger partial charge in [0, 0.05) is 29.7 Å². The van der Waals surface area contributed by atoms with Gasteiger partial charge in [0.15, 0.2) is 5.75 Å². The highest BCUT2D eigenvalue weighted by molar-refractivity contribution is 9.10. The Kier molecular flexibility index (Phi) is 11.1. The predicted octanol–water partition coefficient (Wildman–Crippen LogP) is 5.13. The fourth-order valence-corrected chi connectivity index (χ4v) is 6.00. The van der Waals surface area contributed by atoms with Gasteiger partial charge in [-0.3, -0.25) is 9.59 Å². The highest BCUT2D eigenvalue weighted by atomic mass is 79.9. The van der Waals surface area contributed by atoms with E-state index in [2.05, 4.69) is 26.6 Å². The van der Waals surface area contributed by atoms with Crippen LogP contribution in [0.25, 0.3) is 0 Å². The second kappa shape index (κ2) is 14.8. The summed E-state index contributed by atoms with van der Waals surface area (Å²) in [5.41, 5.74) is -0.0659. The number of hydrogen-bond donors (Lipinski definition) is 2. The molecule has 0 radical (unpaired) electrons. The normalized spacial score (nSPS) is 13.9. The first-order valence-corrected chi connectivity index (χ1v) is 16.7. The van der Waals surface area contributed by atoms with E-state index in [4.69, 9.17) is 9.57 Å². The first-order chi connectivity index (χ1) is 21.3. The number of likely N-dealkylation sites (tertiary alicyclic amines) is 1. The molecule has 2 N–H and O–H groups in total. The van der Waals surface area contributed by atoms with E-state index in [0.29, 0.717) is 31.1 Å². The topological polar surface area (TPSA) is 134 Å². The maximum atomic E-state index is 13.6. The van der Waals surface area contributed by atoms with Crippen molar-refractivity contribution in [3.8, 4) is 5.75 Å². The van der Waals surface area contributed by atoms with E-state index in [9.17, 15) is 22.8 Å². The second-order valence-corrected chi connectivity index (χ2v) is 14.2. The van der Waals surface area contributed by atoms with Crippen molar-refractivity contribution in [3.63, 3.8) is 0 Å². The second-order valence-electron chi connectivity index (χ2n) is 11.5. The molecule has 0 aliphatic carbocycles. The van der Waals surface area contributed by atoms with Crippen LogP contribution in [0.4, 0.5) is 10.5 Å². The van der Waals surface area contributed by atoms with Gasteiger partial charge in [0.2, 0.25) is 5.91 Å². The molecule has 0 saturated carbocycles. The first kappa shape index (κ1) is 33.8. The predicted molar refractivity (Wildman–Crippen MR) is 173 cm³/mol. The Balaban J connectivity index is 1.29. The van der Waals surface area contributed by atoms with Crippen molar-refractivity contribution in [2.75, 3.05) is 30.6 Å². The van der Waals surface area contributed by atoms with Gasteiger partial charge in [0.1, 0.15) is 5.60 Å². The molecule has 4 rings (SSSR count). The summed E-state index contributed by atoms with van der Waals surface area (Å²) < 4.78 is 34.3. The van der Waals surface area contributed by atoms with E-state index in [1.807, 2.05) is 20.8 Å². The third-order valence-corrected chi connectivity index (χ3v) is 8.98. The van der Waals surface area contributed by atoms with Crippen LogP contribution >= 0.6 is 15.9 Å². The molecular formula is C32H37BrN4O7S. The number of benzene rings is 3. The molecule has 0 spiro atoms. The SMILES string of the molecule is CC(C)(C)OC(=O)N1CCC(CNC(=O)CNC(=O)c2ccc(S(=O)(=O)N(Oc3ccc(Br)cc3)c3ccccc3)cc2)CC1. The number of nitrogens with zero attached hydrogens (tertiary/aromatic N) is 2. The lowest BCUT2D eigenvalue weighted by atomic mass is 9.97. The Morgan fingerprint density at radius 1 is 0.911 bits per heavy atom. The Hall–Kier alpha value is -4.10. The monoisotopic (exact) mass is 700 g/mol. The van der Waals surface area contributed by atoms with Gasteiger partial charge in [-0.15, -0.1) is 0 Å². The zero-order valence-corrected chi connectivity index (χ0v) is 27.8. The molecule has 0 aromatic heterocycles. The van der Waals surface area contributed by atoms with Crippen LogP contribution in [0.2, 0.25) is 0 Å². The summed E-state index contributed by atoms with van der Waals surface area (Å²) >= 11 is 3.35. The Morgan fingerprint density at radius 2 is 1.53 bits per heavy atom. The van der Waals surface area contributed by atoms with Crippen LogP contribution in [-0.4, -0.2) is 63.0 Å². The van der Waals surface area contributed by atoms with E-state index >= 15 is 0 Å². The van der Waals surface area contributed by atoms with Crippen LogP contribution < -0.4 is 19.9 Å². The lowest BCUT2D eigenvalue weighted by Crippen LogP contribution is -2.44. The van der Waals surface area contributed by atoms with Crippen LogP contribution in [0.15, 0.2) is 88.2 Å². The molecular weight excluding hydrogens is 664 g/mol. The molecule has 45 heavy (non-hydrogen) atoms. The fourth-order valence-electron chi connectivity index (χ4n) is 4.48. The molecule has 1 saturated heterocycles. The number of carbonyl (C=O) groups is 3. The molecule has 1 aliphatic heterocycles. The average Bonchev–Trinajstić information content (AvgIpc) is 3.02. The van der Waals surface area contributed by atoms with Gasteiger partial charge in [-0.1, -0.05) is 38.6 Å². The number of rotatable bonds is 10. The first-order valence-electron chi connectivity index (χ1n) is 14.5. The lowest BCUT2D eigenvalue weighted by Gasteiger charge is -2.33. The molecule has 3 amide bonds. The van der Waals surface area contributed by atoms with Crippen LogP contribution in [0.1, 0.15) is 44.0 Å². The van der Waals surface area contributed by atoms with Gasteiger partial charge < -0.3 is 25.1 Å². The molecule has 1 aliphatic rings. The maximum Gasteiger partial charge on any atom is 0.410 e. The minimum absolute atomic E-state index is 0.0875. The minimum atomic E-state index is -4.19.